The Kier molecular flexibility index (Phi) is 4.46. The molecule has 1 aliphatic heterocycles. The van der Waals surface area contributed by atoms with Crippen molar-refractivity contribution >= 4 is 23.4 Å². The number of carboxylic acids is 1. The Labute approximate surface area is 140 Å². The Hall–Kier alpha value is -2.89. The van der Waals surface area contributed by atoms with Crippen LogP contribution < -0.4 is 10.2 Å². The van der Waals surface area contributed by atoms with Crippen LogP contribution in [0.3, 0.4) is 0 Å². The second kappa shape index (κ2) is 6.70. The molecule has 2 heterocycles. The molecule has 1 aromatic carbocycles. The Bertz CT molecular complexity index is 783. The van der Waals surface area contributed by atoms with Crippen molar-refractivity contribution in [3.8, 4) is 0 Å². The lowest BCUT2D eigenvalue weighted by Gasteiger charge is -2.18. The van der Waals surface area contributed by atoms with Crippen molar-refractivity contribution in [1.29, 1.82) is 0 Å². The van der Waals surface area contributed by atoms with Gasteiger partial charge >= 0.3 is 5.97 Å². The molecule has 3 rings (SSSR count). The normalized spacial score (nSPS) is 13.8. The van der Waals surface area contributed by atoms with E-state index in [9.17, 15) is 14.7 Å². The van der Waals surface area contributed by atoms with Crippen molar-refractivity contribution in [3.63, 3.8) is 0 Å². The van der Waals surface area contributed by atoms with Gasteiger partial charge in [0.2, 0.25) is 0 Å². The van der Waals surface area contributed by atoms with Crippen molar-refractivity contribution in [2.24, 2.45) is 0 Å². The first-order valence-electron chi connectivity index (χ1n) is 7.92. The molecular formula is C18H19N3O3. The molecule has 1 saturated heterocycles. The minimum atomic E-state index is -1.08. The third-order valence-electron chi connectivity index (χ3n) is 4.02. The Morgan fingerprint density at radius 1 is 1.17 bits per heavy atom. The zero-order chi connectivity index (χ0) is 17.1. The van der Waals surface area contributed by atoms with E-state index >= 15 is 0 Å². The standard InChI is InChI=1S/C18H19N3O3/c1-12-10-15(19-16(11-12)21-8-4-5-9-21)17(22)20-14-7-3-2-6-13(14)18(23)24/h2-3,6-7,10-11H,4-5,8-9H2,1H3,(H,20,22)(H,23,24). The molecule has 0 atom stereocenters. The van der Waals surface area contributed by atoms with Crippen LogP contribution in [0.4, 0.5) is 11.5 Å². The first-order chi connectivity index (χ1) is 11.5. The highest BCUT2D eigenvalue weighted by atomic mass is 16.4. The fraction of sp³-hybridized carbons (Fsp3) is 0.278. The van der Waals surface area contributed by atoms with Crippen molar-refractivity contribution in [2.75, 3.05) is 23.3 Å². The number of aryl methyl sites for hydroxylation is 1. The maximum Gasteiger partial charge on any atom is 0.337 e. The summed E-state index contributed by atoms with van der Waals surface area (Å²) in [6.45, 7) is 3.81. The van der Waals surface area contributed by atoms with E-state index < -0.39 is 11.9 Å². The van der Waals surface area contributed by atoms with Crippen LogP contribution in [-0.2, 0) is 0 Å². The number of nitrogens with zero attached hydrogens (tertiary/aromatic N) is 2. The molecule has 2 N–H and O–H groups in total. The van der Waals surface area contributed by atoms with Gasteiger partial charge in [-0.05, 0) is 49.6 Å². The number of benzene rings is 1. The number of carbonyl (C=O) groups excluding carboxylic acids is 1. The van der Waals surface area contributed by atoms with Crippen molar-refractivity contribution in [2.45, 2.75) is 19.8 Å². The summed E-state index contributed by atoms with van der Waals surface area (Å²) >= 11 is 0. The maximum absolute atomic E-state index is 12.5. The lowest BCUT2D eigenvalue weighted by Crippen LogP contribution is -2.22. The van der Waals surface area contributed by atoms with E-state index in [1.165, 1.54) is 6.07 Å². The second-order valence-electron chi connectivity index (χ2n) is 5.89. The lowest BCUT2D eigenvalue weighted by atomic mass is 10.1. The molecule has 1 aromatic heterocycles. The van der Waals surface area contributed by atoms with Gasteiger partial charge in [0.25, 0.3) is 5.91 Å². The van der Waals surface area contributed by atoms with Gasteiger partial charge in [-0.25, -0.2) is 9.78 Å². The summed E-state index contributed by atoms with van der Waals surface area (Å²) in [6.07, 6.45) is 2.26. The van der Waals surface area contributed by atoms with Gasteiger partial charge in [0.15, 0.2) is 0 Å². The number of aromatic carboxylic acids is 1. The average molecular weight is 325 g/mol. The van der Waals surface area contributed by atoms with E-state index in [-0.39, 0.29) is 16.9 Å². The molecule has 2 aromatic rings. The highest BCUT2D eigenvalue weighted by Gasteiger charge is 2.18. The third kappa shape index (κ3) is 3.37. The fourth-order valence-corrected chi connectivity index (χ4v) is 2.84. The predicted octanol–water partition coefficient (Wildman–Crippen LogP) is 2.94. The number of aromatic nitrogens is 1. The Balaban J connectivity index is 1.86. The number of pyridine rings is 1. The van der Waals surface area contributed by atoms with Crippen molar-refractivity contribution in [1.82, 2.24) is 4.98 Å². The molecule has 1 amide bonds. The average Bonchev–Trinajstić information content (AvgIpc) is 3.09. The summed E-state index contributed by atoms with van der Waals surface area (Å²) < 4.78 is 0. The molecular weight excluding hydrogens is 306 g/mol. The van der Waals surface area contributed by atoms with Gasteiger partial charge in [0.1, 0.15) is 11.5 Å². The predicted molar refractivity (Wildman–Crippen MR) is 91.8 cm³/mol. The van der Waals surface area contributed by atoms with Gasteiger partial charge in [-0.3, -0.25) is 4.79 Å². The Morgan fingerprint density at radius 2 is 1.88 bits per heavy atom. The smallest absolute Gasteiger partial charge is 0.337 e. The molecule has 0 unspecified atom stereocenters. The van der Waals surface area contributed by atoms with E-state index in [2.05, 4.69) is 15.2 Å². The number of nitrogens with one attached hydrogen (secondary N) is 1. The minimum Gasteiger partial charge on any atom is -0.478 e. The maximum atomic E-state index is 12.5. The van der Waals surface area contributed by atoms with Crippen LogP contribution in [0.25, 0.3) is 0 Å². The van der Waals surface area contributed by atoms with Crippen LogP contribution in [-0.4, -0.2) is 35.1 Å². The number of carbonyl (C=O) groups is 2. The monoisotopic (exact) mass is 325 g/mol. The molecule has 0 radical (unpaired) electrons. The molecule has 0 saturated carbocycles. The number of hydrogen-bond donors (Lipinski definition) is 2. The van der Waals surface area contributed by atoms with Crippen LogP contribution in [0.2, 0.25) is 0 Å². The van der Waals surface area contributed by atoms with Crippen molar-refractivity contribution < 1.29 is 14.7 Å². The largest absolute Gasteiger partial charge is 0.478 e. The number of rotatable bonds is 4. The fourth-order valence-electron chi connectivity index (χ4n) is 2.84. The van der Waals surface area contributed by atoms with Crippen LogP contribution in [0.5, 0.6) is 0 Å². The molecule has 24 heavy (non-hydrogen) atoms. The molecule has 6 heteroatoms. The second-order valence-corrected chi connectivity index (χ2v) is 5.89. The number of hydrogen-bond acceptors (Lipinski definition) is 4. The highest BCUT2D eigenvalue weighted by Crippen LogP contribution is 2.21. The summed E-state index contributed by atoms with van der Waals surface area (Å²) in [5.74, 6) is -0.696. The van der Waals surface area contributed by atoms with Crippen molar-refractivity contribution in [3.05, 3.63) is 53.2 Å². The molecule has 0 bridgehead atoms. The number of anilines is 2. The van der Waals surface area contributed by atoms with E-state index in [0.29, 0.717) is 0 Å². The van der Waals surface area contributed by atoms with E-state index in [1.54, 1.807) is 24.3 Å². The molecule has 0 aliphatic carbocycles. The number of para-hydroxylation sites is 1. The first-order valence-corrected chi connectivity index (χ1v) is 7.92. The zero-order valence-electron chi connectivity index (χ0n) is 13.5. The highest BCUT2D eigenvalue weighted by molar-refractivity contribution is 6.07. The van der Waals surface area contributed by atoms with Crippen LogP contribution in [0.1, 0.15) is 39.3 Å². The number of amides is 1. The molecule has 124 valence electrons. The molecule has 0 spiro atoms. The first kappa shape index (κ1) is 16.0. The van der Waals surface area contributed by atoms with Gasteiger partial charge in [-0.2, -0.15) is 0 Å². The zero-order valence-corrected chi connectivity index (χ0v) is 13.5. The van der Waals surface area contributed by atoms with Gasteiger partial charge in [-0.15, -0.1) is 0 Å². The van der Waals surface area contributed by atoms with Crippen LogP contribution in [0, 0.1) is 6.92 Å². The summed E-state index contributed by atoms with van der Waals surface area (Å²) in [5, 5.41) is 11.9. The van der Waals surface area contributed by atoms with Gasteiger partial charge in [-0.1, -0.05) is 12.1 Å². The van der Waals surface area contributed by atoms with E-state index in [0.717, 1.165) is 37.3 Å². The summed E-state index contributed by atoms with van der Waals surface area (Å²) in [6, 6.07) is 10.00. The van der Waals surface area contributed by atoms with E-state index in [4.69, 9.17) is 0 Å². The molecule has 1 fully saturated rings. The SMILES string of the molecule is Cc1cc(C(=O)Nc2ccccc2C(=O)O)nc(N2CCCC2)c1. The van der Waals surface area contributed by atoms with Crippen LogP contribution in [0.15, 0.2) is 36.4 Å². The van der Waals surface area contributed by atoms with Gasteiger partial charge < -0.3 is 15.3 Å². The van der Waals surface area contributed by atoms with Crippen LogP contribution >= 0.6 is 0 Å². The summed E-state index contributed by atoms with van der Waals surface area (Å²) in [7, 11) is 0. The minimum absolute atomic E-state index is 0.0540. The molecule has 1 aliphatic rings. The van der Waals surface area contributed by atoms with E-state index in [1.807, 2.05) is 13.0 Å². The number of carboxylic acid groups (broad SMARTS) is 1. The molecule has 6 nitrogen and oxygen atoms in total. The van der Waals surface area contributed by atoms with Gasteiger partial charge in [0, 0.05) is 13.1 Å². The van der Waals surface area contributed by atoms with Gasteiger partial charge in [0.05, 0.1) is 11.3 Å². The third-order valence-corrected chi connectivity index (χ3v) is 4.02. The summed E-state index contributed by atoms with van der Waals surface area (Å²) in [4.78, 5) is 30.4. The topological polar surface area (TPSA) is 82.5 Å². The lowest BCUT2D eigenvalue weighted by molar-refractivity contribution is 0.0698. The summed E-state index contributed by atoms with van der Waals surface area (Å²) in [5.41, 5.74) is 1.56. The Morgan fingerprint density at radius 3 is 2.58 bits per heavy atom. The quantitative estimate of drug-likeness (QED) is 0.903.